The van der Waals surface area contributed by atoms with Gasteiger partial charge in [-0.15, -0.1) is 34.0 Å². The Kier molecular flexibility index (Phi) is 4.60. The summed E-state index contributed by atoms with van der Waals surface area (Å²) in [7, 11) is 0. The predicted molar refractivity (Wildman–Crippen MR) is 96.7 cm³/mol. The van der Waals surface area contributed by atoms with Crippen LogP contribution in [0.2, 0.25) is 0 Å². The highest BCUT2D eigenvalue weighted by Gasteiger charge is 2.21. The van der Waals surface area contributed by atoms with Crippen LogP contribution in [0.4, 0.5) is 0 Å². The number of rotatable bonds is 6. The van der Waals surface area contributed by atoms with Crippen LogP contribution in [0.5, 0.6) is 0 Å². The number of hydrogen-bond acceptors (Lipinski definition) is 4. The highest BCUT2D eigenvalue weighted by molar-refractivity contribution is 7.14. The molecule has 0 spiro atoms. The van der Waals surface area contributed by atoms with Gasteiger partial charge in [0.1, 0.15) is 0 Å². The summed E-state index contributed by atoms with van der Waals surface area (Å²) in [6, 6.07) is 11.0. The average Bonchev–Trinajstić information content (AvgIpc) is 3.20. The summed E-state index contributed by atoms with van der Waals surface area (Å²) >= 11 is 5.49. The van der Waals surface area contributed by atoms with Crippen LogP contribution in [0.15, 0.2) is 46.5 Å². The van der Waals surface area contributed by atoms with Crippen molar-refractivity contribution in [1.29, 1.82) is 0 Å². The van der Waals surface area contributed by atoms with Crippen LogP contribution in [0.3, 0.4) is 0 Å². The maximum atomic E-state index is 3.61. The third kappa shape index (κ3) is 3.64. The highest BCUT2D eigenvalue weighted by Crippen LogP contribution is 2.30. The van der Waals surface area contributed by atoms with Gasteiger partial charge in [0, 0.05) is 38.7 Å². The topological polar surface area (TPSA) is 12.0 Å². The molecule has 4 heteroatoms. The minimum Gasteiger partial charge on any atom is -0.311 e. The molecule has 0 radical (unpaired) electrons. The summed E-state index contributed by atoms with van der Waals surface area (Å²) < 4.78 is 0. The van der Waals surface area contributed by atoms with Crippen molar-refractivity contribution in [2.75, 3.05) is 6.54 Å². The molecule has 21 heavy (non-hydrogen) atoms. The van der Waals surface area contributed by atoms with Gasteiger partial charge in [-0.1, -0.05) is 26.0 Å². The van der Waals surface area contributed by atoms with Gasteiger partial charge in [-0.3, -0.25) is 0 Å². The van der Waals surface area contributed by atoms with Crippen molar-refractivity contribution in [2.24, 2.45) is 0 Å². The van der Waals surface area contributed by atoms with Crippen molar-refractivity contribution in [3.8, 4) is 10.4 Å². The Hall–Kier alpha value is -0.940. The third-order valence-electron chi connectivity index (χ3n) is 3.51. The van der Waals surface area contributed by atoms with Gasteiger partial charge >= 0.3 is 0 Å². The largest absolute Gasteiger partial charge is 0.311 e. The first kappa shape index (κ1) is 15.0. The van der Waals surface area contributed by atoms with E-state index in [-0.39, 0.29) is 5.41 Å². The van der Waals surface area contributed by atoms with Crippen molar-refractivity contribution < 1.29 is 0 Å². The predicted octanol–water partition coefficient (Wildman–Crippen LogP) is 5.61. The smallest absolute Gasteiger partial charge is 0.0351 e. The summed E-state index contributed by atoms with van der Waals surface area (Å²) in [5.41, 5.74) is 1.55. The van der Waals surface area contributed by atoms with E-state index in [0.717, 1.165) is 13.1 Å². The van der Waals surface area contributed by atoms with Gasteiger partial charge in [-0.2, -0.15) is 0 Å². The molecule has 0 saturated heterocycles. The summed E-state index contributed by atoms with van der Waals surface area (Å²) in [6.07, 6.45) is 0. The molecule has 0 aliphatic heterocycles. The van der Waals surface area contributed by atoms with Gasteiger partial charge in [0.15, 0.2) is 0 Å². The molecule has 0 aliphatic carbocycles. The van der Waals surface area contributed by atoms with E-state index in [2.05, 4.69) is 65.6 Å². The fraction of sp³-hybridized carbons (Fsp3) is 0.294. The van der Waals surface area contributed by atoms with Crippen molar-refractivity contribution >= 4 is 34.0 Å². The Balaban J connectivity index is 1.56. The van der Waals surface area contributed by atoms with Gasteiger partial charge in [0.05, 0.1) is 0 Å². The zero-order chi connectivity index (χ0) is 14.7. The summed E-state index contributed by atoms with van der Waals surface area (Å²) in [4.78, 5) is 4.21. The molecule has 0 fully saturated rings. The molecule has 0 aromatic carbocycles. The lowest BCUT2D eigenvalue weighted by molar-refractivity contribution is 0.478. The van der Waals surface area contributed by atoms with E-state index in [0.29, 0.717) is 0 Å². The van der Waals surface area contributed by atoms with E-state index < -0.39 is 0 Å². The Bertz CT molecular complexity index is 663. The third-order valence-corrected chi connectivity index (χ3v) is 6.61. The highest BCUT2D eigenvalue weighted by atomic mass is 32.1. The van der Waals surface area contributed by atoms with Crippen LogP contribution in [0, 0.1) is 0 Å². The molecule has 1 nitrogen and oxygen atoms in total. The lowest BCUT2D eigenvalue weighted by Crippen LogP contribution is -2.31. The van der Waals surface area contributed by atoms with E-state index in [1.165, 1.54) is 20.2 Å². The lowest BCUT2D eigenvalue weighted by atomic mass is 9.91. The van der Waals surface area contributed by atoms with Crippen LogP contribution >= 0.6 is 34.0 Å². The summed E-state index contributed by atoms with van der Waals surface area (Å²) in [5, 5.41) is 10.2. The van der Waals surface area contributed by atoms with Gasteiger partial charge in [0.2, 0.25) is 0 Å². The van der Waals surface area contributed by atoms with E-state index >= 15 is 0 Å². The van der Waals surface area contributed by atoms with Crippen molar-refractivity contribution in [1.82, 2.24) is 5.32 Å². The summed E-state index contributed by atoms with van der Waals surface area (Å²) in [5.74, 6) is 0. The fourth-order valence-corrected chi connectivity index (χ4v) is 4.79. The molecular weight excluding hydrogens is 314 g/mol. The Morgan fingerprint density at radius 1 is 1.05 bits per heavy atom. The van der Waals surface area contributed by atoms with Gasteiger partial charge in [-0.25, -0.2) is 0 Å². The molecule has 3 aromatic heterocycles. The molecule has 0 bridgehead atoms. The van der Waals surface area contributed by atoms with Crippen LogP contribution < -0.4 is 5.32 Å². The summed E-state index contributed by atoms with van der Waals surface area (Å²) in [6.45, 7) is 6.55. The van der Waals surface area contributed by atoms with E-state index in [9.17, 15) is 0 Å². The van der Waals surface area contributed by atoms with Gasteiger partial charge in [-0.05, 0) is 34.3 Å². The molecule has 0 amide bonds. The van der Waals surface area contributed by atoms with Crippen molar-refractivity contribution in [2.45, 2.75) is 25.8 Å². The maximum Gasteiger partial charge on any atom is 0.0351 e. The molecule has 0 atom stereocenters. The Labute approximate surface area is 138 Å². The second kappa shape index (κ2) is 6.44. The molecule has 0 aliphatic rings. The Morgan fingerprint density at radius 3 is 2.57 bits per heavy atom. The first-order valence-corrected chi connectivity index (χ1v) is 9.65. The van der Waals surface area contributed by atoms with Crippen LogP contribution in [0.25, 0.3) is 10.4 Å². The van der Waals surface area contributed by atoms with E-state index in [1.54, 1.807) is 11.3 Å². The normalized spacial score (nSPS) is 11.9. The van der Waals surface area contributed by atoms with Crippen LogP contribution in [-0.2, 0) is 12.0 Å². The molecule has 1 N–H and O–H groups in total. The molecule has 3 heterocycles. The van der Waals surface area contributed by atoms with Crippen LogP contribution in [0.1, 0.15) is 23.6 Å². The first-order chi connectivity index (χ1) is 10.1. The lowest BCUT2D eigenvalue weighted by Gasteiger charge is -2.23. The maximum absolute atomic E-state index is 3.61. The zero-order valence-electron chi connectivity index (χ0n) is 12.3. The minimum absolute atomic E-state index is 0.196. The molecule has 0 unspecified atom stereocenters. The number of hydrogen-bond donors (Lipinski definition) is 1. The minimum atomic E-state index is 0.196. The molecule has 0 saturated carbocycles. The van der Waals surface area contributed by atoms with E-state index in [1.807, 2.05) is 22.7 Å². The second-order valence-electron chi connectivity index (χ2n) is 5.74. The molecule has 3 aromatic rings. The number of nitrogens with one attached hydrogen (secondary N) is 1. The fourth-order valence-electron chi connectivity index (χ4n) is 2.29. The monoisotopic (exact) mass is 333 g/mol. The molecule has 110 valence electrons. The molecular formula is C17H19NS3. The van der Waals surface area contributed by atoms with Crippen molar-refractivity contribution in [3.63, 3.8) is 0 Å². The quantitative estimate of drug-likeness (QED) is 0.618. The Morgan fingerprint density at radius 2 is 1.86 bits per heavy atom. The van der Waals surface area contributed by atoms with Gasteiger partial charge in [0.25, 0.3) is 0 Å². The van der Waals surface area contributed by atoms with Crippen LogP contribution in [-0.4, -0.2) is 6.54 Å². The second-order valence-corrected chi connectivity index (χ2v) is 8.63. The number of thiophene rings is 3. The SMILES string of the molecule is CC(C)(CNCc1cc(-c2cccs2)cs1)c1cccs1. The van der Waals surface area contributed by atoms with Crippen molar-refractivity contribution in [3.05, 3.63) is 56.2 Å². The standard InChI is InChI=1S/C17H19NS3/c1-17(2,16-6-4-8-20-16)12-18-10-14-9-13(11-21-14)15-5-3-7-19-15/h3-9,11,18H,10,12H2,1-2H3. The van der Waals surface area contributed by atoms with E-state index in [4.69, 9.17) is 0 Å². The first-order valence-electron chi connectivity index (χ1n) is 7.01. The average molecular weight is 334 g/mol. The molecule has 3 rings (SSSR count). The zero-order valence-corrected chi connectivity index (χ0v) is 14.7. The van der Waals surface area contributed by atoms with Gasteiger partial charge < -0.3 is 5.32 Å².